The van der Waals surface area contributed by atoms with Crippen molar-refractivity contribution in [1.29, 1.82) is 0 Å². The molecule has 1 aliphatic rings. The van der Waals surface area contributed by atoms with E-state index in [2.05, 4.69) is 23.9 Å². The fourth-order valence-corrected chi connectivity index (χ4v) is 2.73. The van der Waals surface area contributed by atoms with E-state index in [1.807, 2.05) is 0 Å². The minimum absolute atomic E-state index is 0. The van der Waals surface area contributed by atoms with Crippen LogP contribution in [0.1, 0.15) is 12.8 Å². The number of hydrogen-bond acceptors (Lipinski definition) is 3. The van der Waals surface area contributed by atoms with Crippen molar-refractivity contribution in [3.05, 3.63) is 30.1 Å². The van der Waals surface area contributed by atoms with Gasteiger partial charge < -0.3 is 9.64 Å². The van der Waals surface area contributed by atoms with Crippen LogP contribution in [0.3, 0.4) is 0 Å². The van der Waals surface area contributed by atoms with E-state index in [9.17, 15) is 4.39 Å². The molecule has 1 aromatic carbocycles. The second kappa shape index (κ2) is 11.1. The molecule has 2 rings (SSSR count). The van der Waals surface area contributed by atoms with Crippen LogP contribution < -0.4 is 4.74 Å². The lowest BCUT2D eigenvalue weighted by molar-refractivity contribution is 0.141. The van der Waals surface area contributed by atoms with Gasteiger partial charge in [0.05, 0.1) is 0 Å². The SMILES string of the molecule is CN(C)CC1CCN(CCOc2ccc(F)cc2)CC1.Cl.Cl. The topological polar surface area (TPSA) is 15.7 Å². The molecule has 1 fully saturated rings. The highest BCUT2D eigenvalue weighted by molar-refractivity contribution is 5.85. The molecular weight excluding hydrogens is 326 g/mol. The molecule has 1 aliphatic heterocycles. The summed E-state index contributed by atoms with van der Waals surface area (Å²) in [5.41, 5.74) is 0. The Hall–Kier alpha value is -0.550. The first kappa shape index (κ1) is 21.4. The largest absolute Gasteiger partial charge is 0.492 e. The van der Waals surface area contributed by atoms with Crippen LogP contribution in [0.5, 0.6) is 5.75 Å². The van der Waals surface area contributed by atoms with Gasteiger partial charge in [0.25, 0.3) is 0 Å². The maximum atomic E-state index is 12.8. The normalized spacial score (nSPS) is 16.0. The summed E-state index contributed by atoms with van der Waals surface area (Å²) in [7, 11) is 4.28. The molecule has 1 heterocycles. The van der Waals surface area contributed by atoms with Crippen LogP contribution in [-0.2, 0) is 0 Å². The van der Waals surface area contributed by atoms with Gasteiger partial charge in [0.1, 0.15) is 18.2 Å². The summed E-state index contributed by atoms with van der Waals surface area (Å²) in [6.07, 6.45) is 2.55. The van der Waals surface area contributed by atoms with Gasteiger partial charge in [-0.25, -0.2) is 4.39 Å². The van der Waals surface area contributed by atoms with Crippen molar-refractivity contribution in [2.24, 2.45) is 5.92 Å². The number of nitrogens with zero attached hydrogens (tertiary/aromatic N) is 2. The fourth-order valence-electron chi connectivity index (χ4n) is 2.73. The quantitative estimate of drug-likeness (QED) is 0.780. The third-order valence-corrected chi connectivity index (χ3v) is 3.82. The number of hydrogen-bond donors (Lipinski definition) is 0. The Kier molecular flexibility index (Phi) is 10.8. The molecule has 0 saturated carbocycles. The van der Waals surface area contributed by atoms with E-state index in [0.717, 1.165) is 31.3 Å². The summed E-state index contributed by atoms with van der Waals surface area (Å²) in [4.78, 5) is 4.73. The van der Waals surface area contributed by atoms with Crippen LogP contribution >= 0.6 is 24.8 Å². The number of likely N-dealkylation sites (tertiary alicyclic amines) is 1. The monoisotopic (exact) mass is 352 g/mol. The lowest BCUT2D eigenvalue weighted by Gasteiger charge is -2.33. The van der Waals surface area contributed by atoms with E-state index in [0.29, 0.717) is 6.61 Å². The molecule has 0 amide bonds. The van der Waals surface area contributed by atoms with Gasteiger partial charge in [-0.15, -0.1) is 24.8 Å². The van der Waals surface area contributed by atoms with Crippen molar-refractivity contribution < 1.29 is 9.13 Å². The minimum Gasteiger partial charge on any atom is -0.492 e. The highest BCUT2D eigenvalue weighted by Gasteiger charge is 2.19. The third-order valence-electron chi connectivity index (χ3n) is 3.82. The number of rotatable bonds is 6. The molecule has 0 radical (unpaired) electrons. The molecule has 22 heavy (non-hydrogen) atoms. The van der Waals surface area contributed by atoms with E-state index in [1.165, 1.54) is 31.5 Å². The Morgan fingerprint density at radius 1 is 1.14 bits per heavy atom. The maximum absolute atomic E-state index is 12.8. The number of benzene rings is 1. The number of ether oxygens (including phenoxy) is 1. The zero-order valence-electron chi connectivity index (χ0n) is 13.3. The van der Waals surface area contributed by atoms with Gasteiger partial charge in [0, 0.05) is 13.1 Å². The minimum atomic E-state index is -0.222. The molecule has 128 valence electrons. The lowest BCUT2D eigenvalue weighted by atomic mass is 9.96. The van der Waals surface area contributed by atoms with Gasteiger partial charge in [-0.1, -0.05) is 0 Å². The number of piperidine rings is 1. The van der Waals surface area contributed by atoms with Gasteiger partial charge in [0.2, 0.25) is 0 Å². The maximum Gasteiger partial charge on any atom is 0.123 e. The summed E-state index contributed by atoms with van der Waals surface area (Å²) < 4.78 is 18.4. The third kappa shape index (κ3) is 7.63. The molecule has 0 atom stereocenters. The smallest absolute Gasteiger partial charge is 0.123 e. The van der Waals surface area contributed by atoms with Crippen LogP contribution in [0.25, 0.3) is 0 Å². The lowest BCUT2D eigenvalue weighted by Crippen LogP contribution is -2.39. The molecule has 0 spiro atoms. The molecule has 1 saturated heterocycles. The van der Waals surface area contributed by atoms with Gasteiger partial charge >= 0.3 is 0 Å². The predicted molar refractivity (Wildman–Crippen MR) is 94.1 cm³/mol. The zero-order valence-corrected chi connectivity index (χ0v) is 15.0. The molecule has 6 heteroatoms. The number of halogens is 3. The Balaban J connectivity index is 0.00000220. The van der Waals surface area contributed by atoms with Crippen molar-refractivity contribution >= 4 is 24.8 Å². The molecule has 0 N–H and O–H groups in total. The predicted octanol–water partition coefficient (Wildman–Crippen LogP) is 3.32. The highest BCUT2D eigenvalue weighted by Crippen LogP contribution is 2.17. The van der Waals surface area contributed by atoms with Crippen molar-refractivity contribution in [3.63, 3.8) is 0 Å². The molecule has 3 nitrogen and oxygen atoms in total. The molecule has 0 aromatic heterocycles. The summed E-state index contributed by atoms with van der Waals surface area (Å²) in [5, 5.41) is 0. The van der Waals surface area contributed by atoms with Crippen LogP contribution in [0.4, 0.5) is 4.39 Å². The average molecular weight is 353 g/mol. The summed E-state index contributed by atoms with van der Waals surface area (Å²) >= 11 is 0. The van der Waals surface area contributed by atoms with Crippen molar-refractivity contribution in [1.82, 2.24) is 9.80 Å². The van der Waals surface area contributed by atoms with Crippen molar-refractivity contribution in [2.45, 2.75) is 12.8 Å². The molecule has 1 aromatic rings. The van der Waals surface area contributed by atoms with Gasteiger partial charge in [-0.05, 0) is 70.2 Å². The second-order valence-corrected chi connectivity index (χ2v) is 5.85. The van der Waals surface area contributed by atoms with Gasteiger partial charge in [-0.2, -0.15) is 0 Å². The Bertz CT molecular complexity index is 396. The Morgan fingerprint density at radius 3 is 2.27 bits per heavy atom. The Morgan fingerprint density at radius 2 is 1.73 bits per heavy atom. The first-order valence-corrected chi connectivity index (χ1v) is 7.39. The zero-order chi connectivity index (χ0) is 14.4. The summed E-state index contributed by atoms with van der Waals surface area (Å²) in [6, 6.07) is 6.22. The first-order valence-electron chi connectivity index (χ1n) is 7.39. The van der Waals surface area contributed by atoms with Crippen LogP contribution in [0.2, 0.25) is 0 Å². The van der Waals surface area contributed by atoms with Crippen molar-refractivity contribution in [3.8, 4) is 5.75 Å². The van der Waals surface area contributed by atoms with Gasteiger partial charge in [-0.3, -0.25) is 4.90 Å². The standard InChI is InChI=1S/C16H25FN2O.2ClH/c1-18(2)13-14-7-9-19(10-8-14)11-12-20-16-5-3-15(17)4-6-16;;/h3-6,14H,7-13H2,1-2H3;2*1H. The van der Waals surface area contributed by atoms with Crippen molar-refractivity contribution in [2.75, 3.05) is 46.9 Å². The Labute approximate surface area is 145 Å². The van der Waals surface area contributed by atoms with E-state index in [1.54, 1.807) is 12.1 Å². The molecule has 0 bridgehead atoms. The summed E-state index contributed by atoms with van der Waals surface area (Å²) in [5.74, 6) is 1.36. The highest BCUT2D eigenvalue weighted by atomic mass is 35.5. The van der Waals surface area contributed by atoms with Gasteiger partial charge in [0.15, 0.2) is 0 Å². The average Bonchev–Trinajstić information content (AvgIpc) is 2.42. The first-order chi connectivity index (χ1) is 9.63. The molecule has 0 aliphatic carbocycles. The second-order valence-electron chi connectivity index (χ2n) is 5.85. The van der Waals surface area contributed by atoms with Crippen LogP contribution in [-0.4, -0.2) is 56.7 Å². The van der Waals surface area contributed by atoms with E-state index >= 15 is 0 Å². The van der Waals surface area contributed by atoms with E-state index < -0.39 is 0 Å². The summed E-state index contributed by atoms with van der Waals surface area (Å²) in [6.45, 7) is 5.13. The van der Waals surface area contributed by atoms with E-state index in [-0.39, 0.29) is 30.6 Å². The fraction of sp³-hybridized carbons (Fsp3) is 0.625. The van der Waals surface area contributed by atoms with E-state index in [4.69, 9.17) is 4.74 Å². The van der Waals surface area contributed by atoms with Crippen LogP contribution in [0, 0.1) is 11.7 Å². The molecule has 0 unspecified atom stereocenters. The van der Waals surface area contributed by atoms with Crippen LogP contribution in [0.15, 0.2) is 24.3 Å². The molecular formula is C16H27Cl2FN2O.